The molecule has 66 valence electrons. The molecule has 0 aliphatic carbocycles. The highest BCUT2D eigenvalue weighted by molar-refractivity contribution is 6.30. The van der Waals surface area contributed by atoms with Crippen LogP contribution < -0.4 is 10.5 Å². The molecule has 1 rings (SSSR count). The van der Waals surface area contributed by atoms with E-state index in [0.717, 1.165) is 0 Å². The summed E-state index contributed by atoms with van der Waals surface area (Å²) in [6.45, 7) is -2.91. The number of rotatable bonds is 2. The summed E-state index contributed by atoms with van der Waals surface area (Å²) >= 11 is 5.42. The van der Waals surface area contributed by atoms with E-state index in [1.165, 1.54) is 12.1 Å². The van der Waals surface area contributed by atoms with Crippen LogP contribution in [0, 0.1) is 0 Å². The van der Waals surface area contributed by atoms with Crippen LogP contribution in [0.25, 0.3) is 0 Å². The van der Waals surface area contributed by atoms with Crippen LogP contribution in [0.5, 0.6) is 5.75 Å². The lowest BCUT2D eigenvalue weighted by atomic mass is 10.4. The van der Waals surface area contributed by atoms with Gasteiger partial charge in [-0.3, -0.25) is 0 Å². The highest BCUT2D eigenvalue weighted by Gasteiger charge is 2.08. The Morgan fingerprint density at radius 1 is 1.50 bits per heavy atom. The predicted octanol–water partition coefficient (Wildman–Crippen LogP) is 1.92. The molecule has 0 amide bonds. The minimum absolute atomic E-state index is 0.154. The van der Waals surface area contributed by atoms with E-state index in [1.54, 1.807) is 0 Å². The number of alkyl halides is 2. The molecule has 0 spiro atoms. The summed E-state index contributed by atoms with van der Waals surface area (Å²) in [5.74, 6) is -0.0255. The minimum atomic E-state index is -2.91. The van der Waals surface area contributed by atoms with Crippen LogP contribution in [0.4, 0.5) is 14.6 Å². The van der Waals surface area contributed by atoms with E-state index in [0.29, 0.717) is 0 Å². The van der Waals surface area contributed by atoms with Crippen molar-refractivity contribution < 1.29 is 13.5 Å². The lowest BCUT2D eigenvalue weighted by molar-refractivity contribution is -0.0499. The second kappa shape index (κ2) is 3.53. The molecule has 1 heterocycles. The van der Waals surface area contributed by atoms with Gasteiger partial charge in [0.25, 0.3) is 0 Å². The molecule has 0 unspecified atom stereocenters. The minimum Gasteiger partial charge on any atom is -0.432 e. The van der Waals surface area contributed by atoms with Crippen LogP contribution in [-0.4, -0.2) is 11.6 Å². The highest BCUT2D eigenvalue weighted by atomic mass is 35.5. The SMILES string of the molecule is Nc1ccc(OC(F)F)c(Cl)n1. The third kappa shape index (κ3) is 2.20. The standard InChI is InChI=1S/C6H5ClF2N2O/c7-5-3(12-6(8)9)1-2-4(10)11-5/h1-2,6H,(H2,10,11). The van der Waals surface area contributed by atoms with E-state index >= 15 is 0 Å². The topological polar surface area (TPSA) is 48.1 Å². The van der Waals surface area contributed by atoms with Gasteiger partial charge >= 0.3 is 6.61 Å². The van der Waals surface area contributed by atoms with E-state index < -0.39 is 6.61 Å². The van der Waals surface area contributed by atoms with E-state index in [4.69, 9.17) is 17.3 Å². The van der Waals surface area contributed by atoms with Gasteiger partial charge in [0.15, 0.2) is 10.9 Å². The maximum atomic E-state index is 11.7. The molecule has 0 radical (unpaired) electrons. The van der Waals surface area contributed by atoms with Crippen molar-refractivity contribution >= 4 is 17.4 Å². The second-order valence-corrected chi connectivity index (χ2v) is 2.26. The molecule has 3 nitrogen and oxygen atoms in total. The lowest BCUT2D eigenvalue weighted by Crippen LogP contribution is -2.03. The van der Waals surface area contributed by atoms with Gasteiger partial charge in [-0.05, 0) is 12.1 Å². The zero-order valence-electron chi connectivity index (χ0n) is 5.80. The molecule has 6 heteroatoms. The number of hydrogen-bond acceptors (Lipinski definition) is 3. The predicted molar refractivity (Wildman–Crippen MR) is 40.3 cm³/mol. The summed E-state index contributed by atoms with van der Waals surface area (Å²) in [4.78, 5) is 3.51. The molecule has 2 N–H and O–H groups in total. The fraction of sp³-hybridized carbons (Fsp3) is 0.167. The molecule has 0 atom stereocenters. The largest absolute Gasteiger partial charge is 0.432 e. The maximum Gasteiger partial charge on any atom is 0.387 e. The van der Waals surface area contributed by atoms with E-state index in [1.807, 2.05) is 0 Å². The van der Waals surface area contributed by atoms with Crippen molar-refractivity contribution in [2.45, 2.75) is 6.61 Å². The Kier molecular flexibility index (Phi) is 2.65. The lowest BCUT2D eigenvalue weighted by Gasteiger charge is -2.05. The highest BCUT2D eigenvalue weighted by Crippen LogP contribution is 2.24. The summed E-state index contributed by atoms with van der Waals surface area (Å²) in [5, 5.41) is -0.171. The Morgan fingerprint density at radius 3 is 2.67 bits per heavy atom. The molecular weight excluding hydrogens is 190 g/mol. The molecule has 0 aliphatic rings. The Labute approximate surface area is 72.1 Å². The molecule has 0 aliphatic heterocycles. The summed E-state index contributed by atoms with van der Waals surface area (Å²) in [5.41, 5.74) is 5.22. The molecule has 0 aromatic carbocycles. The normalized spacial score (nSPS) is 10.3. The molecule has 1 aromatic heterocycles. The number of ether oxygens (including phenoxy) is 1. The molecule has 0 saturated heterocycles. The Bertz CT molecular complexity index is 282. The van der Waals surface area contributed by atoms with Gasteiger partial charge in [-0.15, -0.1) is 0 Å². The first kappa shape index (κ1) is 8.99. The Hall–Kier alpha value is -1.10. The smallest absolute Gasteiger partial charge is 0.387 e. The van der Waals surface area contributed by atoms with Crippen molar-refractivity contribution in [3.8, 4) is 5.75 Å². The van der Waals surface area contributed by atoms with Crippen molar-refractivity contribution in [3.63, 3.8) is 0 Å². The number of aromatic nitrogens is 1. The summed E-state index contributed by atoms with van der Waals surface area (Å²) in [6, 6.07) is 2.56. The molecule has 0 fully saturated rings. The molecule has 1 aromatic rings. The van der Waals surface area contributed by atoms with Gasteiger partial charge in [-0.2, -0.15) is 8.78 Å². The summed E-state index contributed by atoms with van der Waals surface area (Å²) < 4.78 is 27.3. The average Bonchev–Trinajstić information content (AvgIpc) is 1.94. The van der Waals surface area contributed by atoms with Gasteiger partial charge in [-0.1, -0.05) is 11.6 Å². The van der Waals surface area contributed by atoms with Gasteiger partial charge in [0, 0.05) is 0 Å². The van der Waals surface area contributed by atoms with E-state index in [-0.39, 0.29) is 16.7 Å². The van der Waals surface area contributed by atoms with Gasteiger partial charge in [0.2, 0.25) is 0 Å². The zero-order chi connectivity index (χ0) is 9.14. The number of nitrogen functional groups attached to an aromatic ring is 1. The zero-order valence-corrected chi connectivity index (χ0v) is 6.55. The van der Waals surface area contributed by atoms with Crippen molar-refractivity contribution in [2.24, 2.45) is 0 Å². The number of pyridine rings is 1. The van der Waals surface area contributed by atoms with Crippen LogP contribution in [0.1, 0.15) is 0 Å². The first-order valence-corrected chi connectivity index (χ1v) is 3.34. The van der Waals surface area contributed by atoms with Crippen molar-refractivity contribution in [3.05, 3.63) is 17.3 Å². The number of nitrogens with two attached hydrogens (primary N) is 1. The van der Waals surface area contributed by atoms with Crippen LogP contribution in [0.2, 0.25) is 5.15 Å². The molecule has 0 bridgehead atoms. The van der Waals surface area contributed by atoms with Crippen LogP contribution in [0.15, 0.2) is 12.1 Å². The molecule has 12 heavy (non-hydrogen) atoms. The summed E-state index contributed by atoms with van der Waals surface area (Å²) in [7, 11) is 0. The number of nitrogens with zero attached hydrogens (tertiary/aromatic N) is 1. The maximum absolute atomic E-state index is 11.7. The van der Waals surface area contributed by atoms with Gasteiger partial charge in [0.05, 0.1) is 0 Å². The average molecular weight is 195 g/mol. The number of hydrogen-bond donors (Lipinski definition) is 1. The van der Waals surface area contributed by atoms with Crippen LogP contribution in [-0.2, 0) is 0 Å². The van der Waals surface area contributed by atoms with E-state index in [2.05, 4.69) is 9.72 Å². The molecular formula is C6H5ClF2N2O. The Morgan fingerprint density at radius 2 is 2.17 bits per heavy atom. The molecule has 0 saturated carbocycles. The van der Waals surface area contributed by atoms with Gasteiger partial charge in [0.1, 0.15) is 5.82 Å². The van der Waals surface area contributed by atoms with E-state index in [9.17, 15) is 8.78 Å². The van der Waals surface area contributed by atoms with Crippen molar-refractivity contribution in [2.75, 3.05) is 5.73 Å². The van der Waals surface area contributed by atoms with Crippen LogP contribution in [0.3, 0.4) is 0 Å². The third-order valence-electron chi connectivity index (χ3n) is 1.05. The second-order valence-electron chi connectivity index (χ2n) is 1.90. The van der Waals surface area contributed by atoms with Crippen molar-refractivity contribution in [1.29, 1.82) is 0 Å². The summed E-state index contributed by atoms with van der Waals surface area (Å²) in [6.07, 6.45) is 0. The fourth-order valence-corrected chi connectivity index (χ4v) is 0.825. The quantitative estimate of drug-likeness (QED) is 0.732. The number of halogens is 3. The first-order chi connectivity index (χ1) is 5.59. The number of anilines is 1. The van der Waals surface area contributed by atoms with Crippen LogP contribution >= 0.6 is 11.6 Å². The Balaban J connectivity index is 2.86. The monoisotopic (exact) mass is 194 g/mol. The third-order valence-corrected chi connectivity index (χ3v) is 1.32. The van der Waals surface area contributed by atoms with Crippen molar-refractivity contribution in [1.82, 2.24) is 4.98 Å². The van der Waals surface area contributed by atoms with Gasteiger partial charge in [-0.25, -0.2) is 4.98 Å². The fourth-order valence-electron chi connectivity index (χ4n) is 0.619. The first-order valence-electron chi connectivity index (χ1n) is 2.96. The van der Waals surface area contributed by atoms with Gasteiger partial charge < -0.3 is 10.5 Å².